The van der Waals surface area contributed by atoms with Gasteiger partial charge in [0.2, 0.25) is 0 Å². The zero-order valence-electron chi connectivity index (χ0n) is 33.6. The van der Waals surface area contributed by atoms with Crippen molar-refractivity contribution in [3.63, 3.8) is 0 Å². The molecule has 0 N–H and O–H groups in total. The third-order valence-electron chi connectivity index (χ3n) is 10.2. The molecule has 0 atom stereocenters. The molecule has 7 aromatic rings. The molecule has 0 spiro atoms. The number of unbranched alkanes of at least 4 members (excludes halogenated alkanes) is 1. The monoisotopic (exact) mass is 848 g/mol. The second kappa shape index (κ2) is 21.0. The molecule has 0 saturated heterocycles. The molecule has 1 aliphatic rings. The van der Waals surface area contributed by atoms with Crippen molar-refractivity contribution in [3.05, 3.63) is 208 Å². The Morgan fingerprint density at radius 3 is 1.73 bits per heavy atom. The van der Waals surface area contributed by atoms with E-state index in [9.17, 15) is 0 Å². The van der Waals surface area contributed by atoms with Crippen LogP contribution < -0.4 is 24.8 Å². The number of hydrogen-bond donors (Lipinski definition) is 0. The molecule has 284 valence electrons. The maximum Gasteiger partial charge on any atom is -0.0181 e. The first-order chi connectivity index (χ1) is 26.1. The van der Waals surface area contributed by atoms with Gasteiger partial charge in [-0.2, -0.15) is 23.3 Å². The van der Waals surface area contributed by atoms with Crippen LogP contribution in [0, 0.1) is 19.9 Å². The summed E-state index contributed by atoms with van der Waals surface area (Å²) < 4.78 is 1.42. The predicted octanol–water partition coefficient (Wildman–Crippen LogP) is 7.86. The van der Waals surface area contributed by atoms with Crippen molar-refractivity contribution in [2.24, 2.45) is 0 Å². The Bertz CT molecular complexity index is 2140. The van der Waals surface area contributed by atoms with E-state index in [1.165, 1.54) is 125 Å². The molecular weight excluding hydrogens is 799 g/mol. The molecule has 3 heteroatoms. The normalized spacial score (nSPS) is 11.0. The molecule has 7 aromatic carbocycles. The average Bonchev–Trinajstić information content (AvgIpc) is 3.83. The molecule has 0 radical (unpaired) electrons. The van der Waals surface area contributed by atoms with Gasteiger partial charge in [-0.3, -0.25) is 0 Å². The van der Waals surface area contributed by atoms with E-state index >= 15 is 0 Å². The number of rotatable bonds is 7. The largest absolute Gasteiger partial charge is 1.00 e. The first-order valence-electron chi connectivity index (χ1n) is 19.4. The van der Waals surface area contributed by atoms with Crippen molar-refractivity contribution in [3.8, 4) is 33.4 Å². The zero-order valence-corrected chi connectivity index (χ0v) is 37.6. The van der Waals surface area contributed by atoms with Crippen LogP contribution in [0.4, 0.5) is 0 Å². The van der Waals surface area contributed by atoms with Crippen molar-refractivity contribution in [2.45, 2.75) is 72.6 Å². The number of fused-ring (bicyclic) bond motifs is 3. The SMILES string of the molecule is CCCCc1cc(C(C)(C)C)c[cH-]1.Cc1ccc([C](=[Zr+2])c2ccc(C)cc2)cc1.[Cl-].[Cl-].[c-]1c(-c2ccccc2)ccc2c1Cc1cc(-c3ccccc3)ccc1-2. The first-order valence-corrected chi connectivity index (χ1v) is 20.6. The van der Waals surface area contributed by atoms with E-state index < -0.39 is 0 Å². The predicted molar refractivity (Wildman–Crippen MR) is 229 cm³/mol. The number of benzene rings is 6. The average molecular weight is 851 g/mol. The Hall–Kier alpha value is -4.00. The molecule has 1 aliphatic carbocycles. The van der Waals surface area contributed by atoms with Gasteiger partial charge in [-0.05, 0) is 23.1 Å². The van der Waals surface area contributed by atoms with Crippen LogP contribution >= 0.6 is 0 Å². The van der Waals surface area contributed by atoms with Gasteiger partial charge in [0.15, 0.2) is 0 Å². The molecule has 0 unspecified atom stereocenters. The molecule has 0 nitrogen and oxygen atoms in total. The molecule has 0 heterocycles. The van der Waals surface area contributed by atoms with Gasteiger partial charge in [0.1, 0.15) is 0 Å². The Kier molecular flexibility index (Phi) is 16.7. The summed E-state index contributed by atoms with van der Waals surface area (Å²) in [6.45, 7) is 13.3. The molecule has 0 saturated carbocycles. The minimum atomic E-state index is 0. The standard InChI is InChI=1S/C25H17.C15H14.C13H21.2ClH.Zr/c1-3-7-18(8-4-1)20-11-13-24-22(15-20)17-23-16-21(12-14-25(23)24)19-9-5-2-6-10-19;1-12-3-7-14(8-4-12)11-15-9-5-13(2)6-10-15;1-5-6-7-11-8-9-12(10-11)13(2,3)4;;;/h1-15H,17H2;3-10H,1-2H3;8-10H,5-7H2,1-4H3;2*1H;/q-1;;-1;;;+2/p-2. The smallest absolute Gasteiger partial charge is 0.0181 e. The summed E-state index contributed by atoms with van der Waals surface area (Å²) in [5.41, 5.74) is 19.0. The van der Waals surface area contributed by atoms with E-state index in [1.54, 1.807) is 0 Å². The fourth-order valence-electron chi connectivity index (χ4n) is 6.82. The summed E-state index contributed by atoms with van der Waals surface area (Å²) in [4.78, 5) is 0. The Morgan fingerprint density at radius 2 is 1.20 bits per heavy atom. The van der Waals surface area contributed by atoms with E-state index in [-0.39, 0.29) is 24.8 Å². The van der Waals surface area contributed by atoms with Gasteiger partial charge in [-0.15, -0.1) is 29.3 Å². The maximum atomic E-state index is 3.65. The minimum absolute atomic E-state index is 0. The summed E-state index contributed by atoms with van der Waals surface area (Å²) in [5.74, 6) is 0. The summed E-state index contributed by atoms with van der Waals surface area (Å²) in [6.07, 6.45) is 4.81. The van der Waals surface area contributed by atoms with E-state index in [0.717, 1.165) is 6.42 Å². The summed E-state index contributed by atoms with van der Waals surface area (Å²) >= 11 is 1.46. The van der Waals surface area contributed by atoms with Crippen LogP contribution in [0.2, 0.25) is 0 Å². The molecule has 0 aliphatic heterocycles. The van der Waals surface area contributed by atoms with E-state index in [4.69, 9.17) is 0 Å². The number of halogens is 2. The molecule has 0 aromatic heterocycles. The molecule has 8 rings (SSSR count). The number of aryl methyl sites for hydroxylation is 3. The van der Waals surface area contributed by atoms with Crippen molar-refractivity contribution in [1.29, 1.82) is 0 Å². The Balaban J connectivity index is 0.000000196. The van der Waals surface area contributed by atoms with Gasteiger partial charge in [0.25, 0.3) is 0 Å². The van der Waals surface area contributed by atoms with Crippen LogP contribution in [0.3, 0.4) is 0 Å². The Morgan fingerprint density at radius 1 is 0.643 bits per heavy atom. The zero-order chi connectivity index (χ0) is 38.1. The third-order valence-corrected chi connectivity index (χ3v) is 11.6. The molecule has 0 amide bonds. The van der Waals surface area contributed by atoms with Crippen molar-refractivity contribution >= 4 is 3.21 Å². The molecular formula is C53H52Cl2Zr-2. The first kappa shape index (κ1) is 44.7. The van der Waals surface area contributed by atoms with Crippen LogP contribution in [-0.2, 0) is 42.5 Å². The second-order valence-corrected chi connectivity index (χ2v) is 16.7. The quantitative estimate of drug-likeness (QED) is 0.144. The van der Waals surface area contributed by atoms with Gasteiger partial charge in [0, 0.05) is 0 Å². The Labute approximate surface area is 364 Å². The van der Waals surface area contributed by atoms with E-state index in [1.807, 2.05) is 0 Å². The molecule has 0 fully saturated rings. The van der Waals surface area contributed by atoms with Crippen LogP contribution in [0.5, 0.6) is 0 Å². The summed E-state index contributed by atoms with van der Waals surface area (Å²) in [6, 6.07) is 60.4. The van der Waals surface area contributed by atoms with Gasteiger partial charge >= 0.3 is 112 Å². The fraction of sp³-hybridized carbons (Fsp3) is 0.208. The van der Waals surface area contributed by atoms with Crippen LogP contribution in [0.15, 0.2) is 158 Å². The van der Waals surface area contributed by atoms with Crippen LogP contribution in [0.25, 0.3) is 33.4 Å². The second-order valence-electron chi connectivity index (χ2n) is 15.5. The van der Waals surface area contributed by atoms with E-state index in [2.05, 4.69) is 205 Å². The van der Waals surface area contributed by atoms with Crippen LogP contribution in [0.1, 0.15) is 85.0 Å². The number of hydrogen-bond acceptors (Lipinski definition) is 0. The third kappa shape index (κ3) is 11.8. The fourth-order valence-corrected chi connectivity index (χ4v) is 7.64. The summed E-state index contributed by atoms with van der Waals surface area (Å²) in [5, 5.41) is 0. The van der Waals surface area contributed by atoms with Crippen molar-refractivity contribution < 1.29 is 49.0 Å². The maximum absolute atomic E-state index is 3.65. The topological polar surface area (TPSA) is 0 Å². The van der Waals surface area contributed by atoms with Gasteiger partial charge in [0.05, 0.1) is 0 Å². The van der Waals surface area contributed by atoms with Gasteiger partial charge < -0.3 is 24.8 Å². The van der Waals surface area contributed by atoms with Crippen molar-refractivity contribution in [1.82, 2.24) is 0 Å². The molecule has 56 heavy (non-hydrogen) atoms. The summed E-state index contributed by atoms with van der Waals surface area (Å²) in [7, 11) is 0. The van der Waals surface area contributed by atoms with Gasteiger partial charge in [-0.1, -0.05) is 148 Å². The van der Waals surface area contributed by atoms with E-state index in [0.29, 0.717) is 5.41 Å². The van der Waals surface area contributed by atoms with Crippen molar-refractivity contribution in [2.75, 3.05) is 0 Å². The molecule has 0 bridgehead atoms. The van der Waals surface area contributed by atoms with Crippen LogP contribution in [-0.4, -0.2) is 3.21 Å². The van der Waals surface area contributed by atoms with Gasteiger partial charge in [-0.25, -0.2) is 6.07 Å². The minimum Gasteiger partial charge on any atom is -1.00 e.